The van der Waals surface area contributed by atoms with E-state index in [-0.39, 0.29) is 29.1 Å². The average Bonchev–Trinajstić information content (AvgIpc) is 3.19. The minimum absolute atomic E-state index is 0.0706. The van der Waals surface area contributed by atoms with Crippen molar-refractivity contribution >= 4 is 21.8 Å². The van der Waals surface area contributed by atoms with E-state index in [9.17, 15) is 13.2 Å². The van der Waals surface area contributed by atoms with Crippen LogP contribution in [0.15, 0.2) is 44.7 Å². The van der Waals surface area contributed by atoms with E-state index in [0.717, 1.165) is 6.42 Å². The maximum atomic E-state index is 13.1. The van der Waals surface area contributed by atoms with Crippen LogP contribution in [0.3, 0.4) is 0 Å². The molecule has 9 heteroatoms. The SMILES string of the molecule is CC[C@H](C)[C@H](N=C1NS(=O)(=O)c2ccccc21)C(=O)N(C)Cc1cc(C)on1. The zero-order valence-corrected chi connectivity index (χ0v) is 17.2. The van der Waals surface area contributed by atoms with E-state index in [1.807, 2.05) is 13.8 Å². The predicted molar refractivity (Wildman–Crippen MR) is 104 cm³/mol. The molecule has 1 aromatic heterocycles. The molecule has 0 unspecified atom stereocenters. The number of carbonyl (C=O) groups excluding carboxylic acids is 1. The smallest absolute Gasteiger partial charge is 0.263 e. The number of rotatable bonds is 6. The molecular weight excluding hydrogens is 380 g/mol. The summed E-state index contributed by atoms with van der Waals surface area (Å²) in [4.78, 5) is 19.4. The zero-order valence-electron chi connectivity index (χ0n) is 16.3. The van der Waals surface area contributed by atoms with Crippen LogP contribution in [0.1, 0.15) is 37.3 Å². The highest BCUT2D eigenvalue weighted by molar-refractivity contribution is 7.90. The molecule has 28 heavy (non-hydrogen) atoms. The van der Waals surface area contributed by atoms with Crippen molar-refractivity contribution in [3.8, 4) is 0 Å². The quantitative estimate of drug-likeness (QED) is 0.794. The maximum Gasteiger partial charge on any atom is 0.263 e. The highest BCUT2D eigenvalue weighted by atomic mass is 32.2. The Morgan fingerprint density at radius 3 is 2.71 bits per heavy atom. The van der Waals surface area contributed by atoms with Gasteiger partial charge in [-0.05, 0) is 25.0 Å². The summed E-state index contributed by atoms with van der Waals surface area (Å²) in [5, 5.41) is 3.92. The van der Waals surface area contributed by atoms with Gasteiger partial charge in [0.1, 0.15) is 23.3 Å². The number of aryl methyl sites for hydroxylation is 1. The number of hydrogen-bond donors (Lipinski definition) is 1. The van der Waals surface area contributed by atoms with Crippen molar-refractivity contribution in [2.24, 2.45) is 10.9 Å². The molecule has 0 saturated carbocycles. The van der Waals surface area contributed by atoms with Crippen molar-refractivity contribution in [2.45, 2.75) is 44.7 Å². The predicted octanol–water partition coefficient (Wildman–Crippen LogP) is 2.09. The third kappa shape index (κ3) is 3.94. The summed E-state index contributed by atoms with van der Waals surface area (Å²) in [6, 6.07) is 7.68. The summed E-state index contributed by atoms with van der Waals surface area (Å²) in [5.74, 6) is 0.608. The first-order valence-corrected chi connectivity index (χ1v) is 10.6. The lowest BCUT2D eigenvalue weighted by Gasteiger charge is -2.24. The van der Waals surface area contributed by atoms with Gasteiger partial charge in [0.2, 0.25) is 5.91 Å². The fourth-order valence-corrected chi connectivity index (χ4v) is 4.30. The van der Waals surface area contributed by atoms with Gasteiger partial charge in [-0.15, -0.1) is 0 Å². The lowest BCUT2D eigenvalue weighted by atomic mass is 9.98. The Morgan fingerprint density at radius 2 is 2.07 bits per heavy atom. The molecule has 150 valence electrons. The number of aliphatic imine (C=N–C) groups is 1. The summed E-state index contributed by atoms with van der Waals surface area (Å²) in [6.07, 6.45) is 0.721. The second-order valence-corrected chi connectivity index (χ2v) is 8.68. The normalized spacial score (nSPS) is 18.4. The minimum atomic E-state index is -3.65. The molecule has 3 rings (SSSR count). The Labute approximate surface area is 164 Å². The van der Waals surface area contributed by atoms with Crippen LogP contribution in [0, 0.1) is 12.8 Å². The molecule has 2 atom stereocenters. The van der Waals surface area contributed by atoms with Gasteiger partial charge in [-0.1, -0.05) is 37.6 Å². The number of amides is 1. The fraction of sp³-hybridized carbons (Fsp3) is 0.421. The molecule has 0 saturated heterocycles. The van der Waals surface area contributed by atoms with Gasteiger partial charge in [0, 0.05) is 18.7 Å². The lowest BCUT2D eigenvalue weighted by molar-refractivity contribution is -0.132. The van der Waals surface area contributed by atoms with E-state index in [1.54, 1.807) is 38.2 Å². The number of carbonyl (C=O) groups is 1. The third-order valence-electron chi connectivity index (χ3n) is 4.82. The van der Waals surface area contributed by atoms with Crippen LogP contribution in [0.4, 0.5) is 0 Å². The van der Waals surface area contributed by atoms with Crippen molar-refractivity contribution in [1.82, 2.24) is 14.8 Å². The van der Waals surface area contributed by atoms with Gasteiger partial charge in [0.05, 0.1) is 11.4 Å². The molecular formula is C19H24N4O4S. The van der Waals surface area contributed by atoms with Crippen LogP contribution in [0.2, 0.25) is 0 Å². The highest BCUT2D eigenvalue weighted by Gasteiger charge is 2.34. The number of likely N-dealkylation sites (N-methyl/N-ethyl adjacent to an activating group) is 1. The molecule has 0 bridgehead atoms. The highest BCUT2D eigenvalue weighted by Crippen LogP contribution is 2.24. The van der Waals surface area contributed by atoms with Crippen molar-refractivity contribution in [3.63, 3.8) is 0 Å². The molecule has 1 aliphatic rings. The number of nitrogens with one attached hydrogen (secondary N) is 1. The van der Waals surface area contributed by atoms with Crippen LogP contribution in [-0.4, -0.2) is 43.3 Å². The molecule has 1 N–H and O–H groups in total. The number of sulfonamides is 1. The number of aromatic nitrogens is 1. The van der Waals surface area contributed by atoms with E-state index >= 15 is 0 Å². The van der Waals surface area contributed by atoms with Gasteiger partial charge < -0.3 is 9.42 Å². The molecule has 2 heterocycles. The van der Waals surface area contributed by atoms with Gasteiger partial charge in [-0.2, -0.15) is 0 Å². The summed E-state index contributed by atoms with van der Waals surface area (Å²) in [5.41, 5.74) is 1.13. The van der Waals surface area contributed by atoms with Crippen molar-refractivity contribution in [3.05, 3.63) is 47.3 Å². The average molecular weight is 404 g/mol. The Bertz CT molecular complexity index is 1010. The number of benzene rings is 1. The molecule has 8 nitrogen and oxygen atoms in total. The van der Waals surface area contributed by atoms with Gasteiger partial charge in [0.25, 0.3) is 10.0 Å². The van der Waals surface area contributed by atoms with Crippen LogP contribution >= 0.6 is 0 Å². The maximum absolute atomic E-state index is 13.1. The first kappa shape index (κ1) is 20.1. The summed E-state index contributed by atoms with van der Waals surface area (Å²) in [6.45, 7) is 5.97. The van der Waals surface area contributed by atoms with Crippen molar-refractivity contribution in [2.75, 3.05) is 7.05 Å². The van der Waals surface area contributed by atoms with Gasteiger partial charge >= 0.3 is 0 Å². The number of nitrogens with zero attached hydrogens (tertiary/aromatic N) is 3. The lowest BCUT2D eigenvalue weighted by Crippen LogP contribution is -2.40. The van der Waals surface area contributed by atoms with Crippen LogP contribution < -0.4 is 4.72 Å². The first-order chi connectivity index (χ1) is 13.2. The third-order valence-corrected chi connectivity index (χ3v) is 6.22. The summed E-state index contributed by atoms with van der Waals surface area (Å²) in [7, 11) is -1.98. The van der Waals surface area contributed by atoms with Gasteiger partial charge in [0.15, 0.2) is 0 Å². The van der Waals surface area contributed by atoms with Crippen LogP contribution in [0.25, 0.3) is 0 Å². The first-order valence-electron chi connectivity index (χ1n) is 9.10. The standard InChI is InChI=1S/C19H24N4O4S/c1-5-12(2)17(19(24)23(4)11-14-10-13(3)27-21-14)20-18-15-8-6-7-9-16(15)28(25,26)22-18/h6-10,12,17H,5,11H2,1-4H3,(H,20,22)/t12-,17-/m0/s1. The molecule has 0 radical (unpaired) electrons. The zero-order chi connectivity index (χ0) is 20.5. The second-order valence-electron chi connectivity index (χ2n) is 7.03. The summed E-state index contributed by atoms with van der Waals surface area (Å²) < 4.78 is 32.2. The Kier molecular flexibility index (Phi) is 5.55. The van der Waals surface area contributed by atoms with Gasteiger partial charge in [-0.25, -0.2) is 8.42 Å². The Hall–Kier alpha value is -2.68. The molecule has 2 aromatic rings. The topological polar surface area (TPSA) is 105 Å². The van der Waals surface area contributed by atoms with E-state index < -0.39 is 16.1 Å². The minimum Gasteiger partial charge on any atom is -0.361 e. The van der Waals surface area contributed by atoms with E-state index in [2.05, 4.69) is 14.9 Å². The van der Waals surface area contributed by atoms with Crippen molar-refractivity contribution in [1.29, 1.82) is 0 Å². The van der Waals surface area contributed by atoms with Crippen molar-refractivity contribution < 1.29 is 17.7 Å². The monoisotopic (exact) mass is 404 g/mol. The Morgan fingerprint density at radius 1 is 1.36 bits per heavy atom. The fourth-order valence-electron chi connectivity index (χ4n) is 3.06. The summed E-state index contributed by atoms with van der Waals surface area (Å²) >= 11 is 0. The molecule has 0 fully saturated rings. The molecule has 1 aromatic carbocycles. The van der Waals surface area contributed by atoms with E-state index in [1.165, 1.54) is 11.0 Å². The number of amidine groups is 1. The number of fused-ring (bicyclic) bond motifs is 1. The van der Waals surface area contributed by atoms with E-state index in [0.29, 0.717) is 17.0 Å². The second kappa shape index (κ2) is 7.75. The van der Waals surface area contributed by atoms with Gasteiger partial charge in [-0.3, -0.25) is 14.5 Å². The van der Waals surface area contributed by atoms with Crippen LogP contribution in [-0.2, 0) is 21.4 Å². The largest absolute Gasteiger partial charge is 0.361 e. The Balaban J connectivity index is 1.91. The van der Waals surface area contributed by atoms with Crippen LogP contribution in [0.5, 0.6) is 0 Å². The number of hydrogen-bond acceptors (Lipinski definition) is 6. The molecule has 0 aliphatic carbocycles. The molecule has 0 spiro atoms. The van der Waals surface area contributed by atoms with E-state index in [4.69, 9.17) is 4.52 Å². The molecule has 1 aliphatic heterocycles. The molecule has 1 amide bonds.